The first-order chi connectivity index (χ1) is 17.3. The second kappa shape index (κ2) is 12.8. The monoisotopic (exact) mass is 543 g/mol. The Morgan fingerprint density at radius 3 is 2.16 bits per heavy atom. The zero-order valence-corrected chi connectivity index (χ0v) is 22.1. The van der Waals surface area contributed by atoms with Gasteiger partial charge in [-0.05, 0) is 24.7 Å². The van der Waals surface area contributed by atoms with Gasteiger partial charge in [-0.2, -0.15) is 0 Å². The Kier molecular flexibility index (Phi) is 10.4. The largest absolute Gasteiger partial charge is 0.480 e. The summed E-state index contributed by atoms with van der Waals surface area (Å²) in [7, 11) is 0. The number of hydrogen-bond acceptors (Lipinski definition) is 7. The van der Waals surface area contributed by atoms with Gasteiger partial charge in [0.25, 0.3) is 5.91 Å². The number of carbonyl (C=O) groups excluding carboxylic acids is 6. The molecule has 0 aromatic rings. The Morgan fingerprint density at radius 2 is 1.62 bits per heavy atom. The van der Waals surface area contributed by atoms with Gasteiger partial charge in [0.2, 0.25) is 17.7 Å². The first kappa shape index (κ1) is 30.0. The summed E-state index contributed by atoms with van der Waals surface area (Å²) in [6.45, 7) is 5.40. The predicted octanol–water partition coefficient (Wildman–Crippen LogP) is -0.584. The molecule has 0 radical (unpaired) electrons. The molecule has 2 saturated heterocycles. The number of carboxylic acid groups (broad SMARTS) is 1. The van der Waals surface area contributed by atoms with E-state index in [4.69, 9.17) is 16.7 Å². The zero-order chi connectivity index (χ0) is 28.0. The van der Waals surface area contributed by atoms with Crippen LogP contribution in [0.3, 0.4) is 0 Å². The van der Waals surface area contributed by atoms with Gasteiger partial charge in [0.1, 0.15) is 31.7 Å². The highest BCUT2D eigenvalue weighted by Crippen LogP contribution is 2.21. The van der Waals surface area contributed by atoms with Crippen LogP contribution in [-0.4, -0.2) is 111 Å². The lowest BCUT2D eigenvalue weighted by Crippen LogP contribution is -2.58. The highest BCUT2D eigenvalue weighted by Gasteiger charge is 2.41. The lowest BCUT2D eigenvalue weighted by molar-refractivity contribution is -0.143. The van der Waals surface area contributed by atoms with E-state index in [0.717, 1.165) is 4.90 Å². The van der Waals surface area contributed by atoms with Crippen LogP contribution in [0.4, 0.5) is 4.79 Å². The molecular formula is C23H34ClN5O8. The van der Waals surface area contributed by atoms with E-state index in [9.17, 15) is 33.6 Å². The van der Waals surface area contributed by atoms with Crippen LogP contribution in [-0.2, 0) is 28.8 Å². The topological polar surface area (TPSA) is 173 Å². The van der Waals surface area contributed by atoms with E-state index >= 15 is 0 Å². The average Bonchev–Trinajstić information content (AvgIpc) is 3.40. The molecule has 0 aromatic heterocycles. The van der Waals surface area contributed by atoms with Gasteiger partial charge in [0.05, 0.1) is 11.9 Å². The molecule has 0 unspecified atom stereocenters. The van der Waals surface area contributed by atoms with Crippen molar-refractivity contribution in [2.75, 3.05) is 32.1 Å². The molecule has 14 heteroatoms. The van der Waals surface area contributed by atoms with E-state index in [-0.39, 0.29) is 24.1 Å². The molecule has 6 amide bonds. The Balaban J connectivity index is 2.09. The number of aliphatic carboxylic acids is 1. The van der Waals surface area contributed by atoms with Gasteiger partial charge in [0.15, 0.2) is 5.78 Å². The van der Waals surface area contributed by atoms with E-state index in [0.29, 0.717) is 17.7 Å². The van der Waals surface area contributed by atoms with Gasteiger partial charge in [0, 0.05) is 6.54 Å². The van der Waals surface area contributed by atoms with Crippen molar-refractivity contribution < 1.29 is 38.7 Å². The highest BCUT2D eigenvalue weighted by molar-refractivity contribution is 6.28. The summed E-state index contributed by atoms with van der Waals surface area (Å²) in [6, 6.07) is -3.58. The first-order valence-corrected chi connectivity index (χ1v) is 12.6. The minimum Gasteiger partial charge on any atom is -0.480 e. The van der Waals surface area contributed by atoms with Gasteiger partial charge in [-0.25, -0.2) is 4.79 Å². The van der Waals surface area contributed by atoms with Gasteiger partial charge >= 0.3 is 12.0 Å². The Hall–Kier alpha value is -3.22. The fraction of sp³-hybridized carbons (Fsp3) is 0.696. The van der Waals surface area contributed by atoms with E-state index in [1.807, 2.05) is 0 Å². The fourth-order valence-corrected chi connectivity index (χ4v) is 4.51. The molecular weight excluding hydrogens is 510 g/mol. The average molecular weight is 544 g/mol. The number of halogens is 1. The van der Waals surface area contributed by atoms with Crippen molar-refractivity contribution in [2.45, 2.75) is 58.7 Å². The van der Waals surface area contributed by atoms with Crippen LogP contribution in [0.2, 0.25) is 0 Å². The predicted molar refractivity (Wildman–Crippen MR) is 130 cm³/mol. The molecule has 2 aliphatic heterocycles. The number of likely N-dealkylation sites (tertiary alicyclic amines) is 1. The van der Waals surface area contributed by atoms with Crippen molar-refractivity contribution in [3.63, 3.8) is 0 Å². The Labute approximate surface area is 219 Å². The third kappa shape index (κ3) is 7.40. The quantitative estimate of drug-likeness (QED) is 0.216. The Morgan fingerprint density at radius 1 is 1.00 bits per heavy atom. The molecule has 2 aliphatic rings. The van der Waals surface area contributed by atoms with E-state index in [1.165, 1.54) is 4.90 Å². The van der Waals surface area contributed by atoms with Crippen LogP contribution in [0.25, 0.3) is 0 Å². The third-order valence-electron chi connectivity index (χ3n) is 6.29. The summed E-state index contributed by atoms with van der Waals surface area (Å²) in [5.74, 6) is -4.97. The second-order valence-electron chi connectivity index (χ2n) is 9.82. The molecule has 0 aliphatic carbocycles. The number of alkyl halides is 1. The summed E-state index contributed by atoms with van der Waals surface area (Å²) in [5, 5.41) is 14.1. The molecule has 2 rings (SSSR count). The number of urea groups is 1. The summed E-state index contributed by atoms with van der Waals surface area (Å²) in [5.41, 5.74) is 0. The first-order valence-electron chi connectivity index (χ1n) is 12.1. The molecule has 2 heterocycles. The highest BCUT2D eigenvalue weighted by atomic mass is 35.5. The Bertz CT molecular complexity index is 955. The number of ketones is 1. The van der Waals surface area contributed by atoms with Crippen LogP contribution in [0, 0.1) is 11.8 Å². The van der Waals surface area contributed by atoms with Gasteiger partial charge in [-0.3, -0.25) is 33.7 Å². The summed E-state index contributed by atoms with van der Waals surface area (Å²) < 4.78 is 0. The minimum absolute atomic E-state index is 0.203. The maximum Gasteiger partial charge on any atom is 0.328 e. The smallest absolute Gasteiger partial charge is 0.328 e. The molecule has 2 fully saturated rings. The summed E-state index contributed by atoms with van der Waals surface area (Å²) in [6.07, 6.45) is 0.932. The number of Topliss-reactive ketones (excluding diaryl/α,β-unsaturated/α-hetero) is 1. The second-order valence-corrected chi connectivity index (χ2v) is 10.1. The summed E-state index contributed by atoms with van der Waals surface area (Å²) in [4.78, 5) is 89.4. The lowest BCUT2D eigenvalue weighted by atomic mass is 9.99. The van der Waals surface area contributed by atoms with Gasteiger partial charge in [-0.15, -0.1) is 11.6 Å². The van der Waals surface area contributed by atoms with Crippen molar-refractivity contribution in [1.29, 1.82) is 0 Å². The molecule has 37 heavy (non-hydrogen) atoms. The van der Waals surface area contributed by atoms with Crippen LogP contribution in [0.15, 0.2) is 0 Å². The standard InChI is InChI=1S/C23H34ClN5O8/c1-12(2)19(15(30)8-24)26-21(35)14-6-5-7-28(14)22(36)20(13(3)4)25-16(31)9-29-17(32)10-27(23(29)37)11-18(33)34/h12-14,19-20H,5-11H2,1-4H3,(H,25,31)(H,26,35)(H,33,34)/t14-,19-,20-/m0/s1. The van der Waals surface area contributed by atoms with Crippen molar-refractivity contribution in [1.82, 2.24) is 25.3 Å². The van der Waals surface area contributed by atoms with E-state index < -0.39 is 79.3 Å². The number of carbonyl (C=O) groups is 7. The van der Waals surface area contributed by atoms with Gasteiger partial charge in [-0.1, -0.05) is 27.7 Å². The zero-order valence-electron chi connectivity index (χ0n) is 21.4. The van der Waals surface area contributed by atoms with Crippen molar-refractivity contribution in [2.24, 2.45) is 11.8 Å². The number of rotatable bonds is 12. The van der Waals surface area contributed by atoms with Crippen LogP contribution in [0.1, 0.15) is 40.5 Å². The fourth-order valence-electron chi connectivity index (χ4n) is 4.35. The van der Waals surface area contributed by atoms with E-state index in [2.05, 4.69) is 10.6 Å². The maximum absolute atomic E-state index is 13.4. The van der Waals surface area contributed by atoms with Crippen LogP contribution < -0.4 is 10.6 Å². The lowest BCUT2D eigenvalue weighted by Gasteiger charge is -2.32. The molecule has 0 bridgehead atoms. The number of nitrogens with one attached hydrogen (secondary N) is 2. The molecule has 3 N–H and O–H groups in total. The summed E-state index contributed by atoms with van der Waals surface area (Å²) >= 11 is 5.67. The third-order valence-corrected chi connectivity index (χ3v) is 6.55. The molecule has 13 nitrogen and oxygen atoms in total. The molecule has 0 saturated carbocycles. The minimum atomic E-state index is -1.30. The molecule has 0 aromatic carbocycles. The number of nitrogens with zero attached hydrogens (tertiary/aromatic N) is 3. The molecule has 3 atom stereocenters. The van der Waals surface area contributed by atoms with Crippen LogP contribution >= 0.6 is 11.6 Å². The molecule has 206 valence electrons. The number of hydrogen-bond donors (Lipinski definition) is 3. The number of amides is 6. The SMILES string of the molecule is CC(C)[C@H](NC(=O)[C@@H]1CCCN1C(=O)[C@@H](NC(=O)CN1C(=O)CN(CC(=O)O)C1=O)C(C)C)C(=O)CCl. The van der Waals surface area contributed by atoms with Crippen molar-refractivity contribution in [3.05, 3.63) is 0 Å². The van der Waals surface area contributed by atoms with Crippen molar-refractivity contribution in [3.8, 4) is 0 Å². The maximum atomic E-state index is 13.4. The normalized spacial score (nSPS) is 19.4. The van der Waals surface area contributed by atoms with E-state index in [1.54, 1.807) is 27.7 Å². The van der Waals surface area contributed by atoms with Crippen LogP contribution in [0.5, 0.6) is 0 Å². The van der Waals surface area contributed by atoms with Crippen molar-refractivity contribution >= 4 is 53.0 Å². The molecule has 0 spiro atoms. The number of carboxylic acids is 1. The number of imide groups is 1. The van der Waals surface area contributed by atoms with Gasteiger partial charge < -0.3 is 25.5 Å².